The predicted octanol–water partition coefficient (Wildman–Crippen LogP) is 1.92. The summed E-state index contributed by atoms with van der Waals surface area (Å²) in [4.78, 5) is 10.8. The first-order chi connectivity index (χ1) is 8.47. The monoisotopic (exact) mass is 251 g/mol. The Morgan fingerprint density at radius 3 is 2.56 bits per heavy atom. The van der Waals surface area contributed by atoms with Gasteiger partial charge in [-0.2, -0.15) is 0 Å². The van der Waals surface area contributed by atoms with Crippen LogP contribution in [-0.2, 0) is 11.2 Å². The van der Waals surface area contributed by atoms with Crippen molar-refractivity contribution in [2.45, 2.75) is 32.7 Å². The first-order valence-corrected chi connectivity index (χ1v) is 6.01. The average molecular weight is 251 g/mol. The maximum atomic E-state index is 10.8. The molecule has 0 fully saturated rings. The van der Waals surface area contributed by atoms with Gasteiger partial charge >= 0.3 is 5.97 Å². The molecule has 4 nitrogen and oxygen atoms in total. The standard InChI is InChI=1S/C14H21NO3/c1-9-6-13(18-4)10(2)5-11(9)7-12(15-3)8-14(16)17/h5-6,12,15H,7-8H2,1-4H3,(H,16,17). The molecule has 0 aliphatic rings. The molecule has 0 heterocycles. The molecule has 4 heteroatoms. The molecule has 1 unspecified atom stereocenters. The maximum Gasteiger partial charge on any atom is 0.304 e. The Balaban J connectivity index is 2.89. The zero-order chi connectivity index (χ0) is 13.7. The lowest BCUT2D eigenvalue weighted by Crippen LogP contribution is -2.30. The van der Waals surface area contributed by atoms with Crippen LogP contribution in [-0.4, -0.2) is 31.3 Å². The van der Waals surface area contributed by atoms with Crippen LogP contribution in [0.3, 0.4) is 0 Å². The third-order valence-corrected chi connectivity index (χ3v) is 3.15. The molecule has 1 atom stereocenters. The Kier molecular flexibility index (Phi) is 5.16. The van der Waals surface area contributed by atoms with Crippen LogP contribution in [0.4, 0.5) is 0 Å². The number of carboxylic acid groups (broad SMARTS) is 1. The number of likely N-dealkylation sites (N-methyl/N-ethyl adjacent to an activating group) is 1. The molecule has 1 aromatic carbocycles. The summed E-state index contributed by atoms with van der Waals surface area (Å²) in [6, 6.07) is 4.02. The number of rotatable bonds is 6. The summed E-state index contributed by atoms with van der Waals surface area (Å²) >= 11 is 0. The highest BCUT2D eigenvalue weighted by atomic mass is 16.5. The number of aryl methyl sites for hydroxylation is 2. The van der Waals surface area contributed by atoms with E-state index in [2.05, 4.69) is 11.4 Å². The minimum atomic E-state index is -0.780. The Bertz CT molecular complexity index is 429. The Morgan fingerprint density at radius 1 is 1.39 bits per heavy atom. The van der Waals surface area contributed by atoms with E-state index in [4.69, 9.17) is 9.84 Å². The van der Waals surface area contributed by atoms with Crippen molar-refractivity contribution in [3.63, 3.8) is 0 Å². The lowest BCUT2D eigenvalue weighted by atomic mass is 9.97. The summed E-state index contributed by atoms with van der Waals surface area (Å²) in [6.45, 7) is 4.01. The molecular formula is C14H21NO3. The Labute approximate surface area is 108 Å². The lowest BCUT2D eigenvalue weighted by molar-refractivity contribution is -0.137. The molecule has 0 amide bonds. The number of methoxy groups -OCH3 is 1. The summed E-state index contributed by atoms with van der Waals surface area (Å²) in [5, 5.41) is 11.9. The smallest absolute Gasteiger partial charge is 0.304 e. The normalized spacial score (nSPS) is 12.2. The van der Waals surface area contributed by atoms with Gasteiger partial charge in [0.2, 0.25) is 0 Å². The second-order valence-electron chi connectivity index (χ2n) is 4.54. The van der Waals surface area contributed by atoms with Gasteiger partial charge in [0.15, 0.2) is 0 Å². The van der Waals surface area contributed by atoms with Gasteiger partial charge in [0.05, 0.1) is 13.5 Å². The number of benzene rings is 1. The fourth-order valence-electron chi connectivity index (χ4n) is 2.04. The highest BCUT2D eigenvalue weighted by Gasteiger charge is 2.14. The summed E-state index contributed by atoms with van der Waals surface area (Å²) in [7, 11) is 3.45. The van der Waals surface area contributed by atoms with Crippen molar-refractivity contribution in [2.24, 2.45) is 0 Å². The third kappa shape index (κ3) is 3.74. The van der Waals surface area contributed by atoms with Crippen molar-refractivity contribution < 1.29 is 14.6 Å². The van der Waals surface area contributed by atoms with E-state index >= 15 is 0 Å². The first-order valence-electron chi connectivity index (χ1n) is 6.01. The molecular weight excluding hydrogens is 230 g/mol. The number of aliphatic carboxylic acids is 1. The number of carbonyl (C=O) groups is 1. The van der Waals surface area contributed by atoms with Crippen molar-refractivity contribution >= 4 is 5.97 Å². The summed E-state index contributed by atoms with van der Waals surface area (Å²) in [5.41, 5.74) is 3.36. The van der Waals surface area contributed by atoms with Gasteiger partial charge in [0.25, 0.3) is 0 Å². The maximum absolute atomic E-state index is 10.8. The molecule has 0 saturated carbocycles. The van der Waals surface area contributed by atoms with E-state index in [0.717, 1.165) is 22.4 Å². The van der Waals surface area contributed by atoms with Gasteiger partial charge in [0.1, 0.15) is 5.75 Å². The van der Waals surface area contributed by atoms with Crippen LogP contribution in [0.1, 0.15) is 23.1 Å². The molecule has 2 N–H and O–H groups in total. The van der Waals surface area contributed by atoms with Crippen LogP contribution in [0.25, 0.3) is 0 Å². The van der Waals surface area contributed by atoms with E-state index in [1.807, 2.05) is 19.9 Å². The first kappa shape index (κ1) is 14.5. The molecule has 0 bridgehead atoms. The van der Waals surface area contributed by atoms with Gasteiger partial charge in [-0.15, -0.1) is 0 Å². The van der Waals surface area contributed by atoms with Crippen LogP contribution in [0.2, 0.25) is 0 Å². The second-order valence-corrected chi connectivity index (χ2v) is 4.54. The third-order valence-electron chi connectivity index (χ3n) is 3.15. The van der Waals surface area contributed by atoms with Crippen molar-refractivity contribution in [1.29, 1.82) is 0 Å². The minimum Gasteiger partial charge on any atom is -0.496 e. The molecule has 0 aromatic heterocycles. The fourth-order valence-corrected chi connectivity index (χ4v) is 2.04. The van der Waals surface area contributed by atoms with Crippen LogP contribution in [0, 0.1) is 13.8 Å². The van der Waals surface area contributed by atoms with Crippen molar-refractivity contribution in [3.05, 3.63) is 28.8 Å². The van der Waals surface area contributed by atoms with Crippen LogP contribution in [0.15, 0.2) is 12.1 Å². The van der Waals surface area contributed by atoms with Gasteiger partial charge < -0.3 is 15.2 Å². The summed E-state index contributed by atoms with van der Waals surface area (Å²) in [5.74, 6) is 0.0905. The summed E-state index contributed by atoms with van der Waals surface area (Å²) < 4.78 is 5.27. The number of hydrogen-bond donors (Lipinski definition) is 2. The SMILES string of the molecule is CNC(CC(=O)O)Cc1cc(C)c(OC)cc1C. The largest absolute Gasteiger partial charge is 0.496 e. The Morgan fingerprint density at radius 2 is 2.06 bits per heavy atom. The molecule has 0 radical (unpaired) electrons. The van der Waals surface area contributed by atoms with E-state index in [1.165, 1.54) is 0 Å². The predicted molar refractivity (Wildman–Crippen MR) is 71.3 cm³/mol. The molecule has 1 aromatic rings. The quantitative estimate of drug-likeness (QED) is 0.811. The topological polar surface area (TPSA) is 58.6 Å². The number of carboxylic acids is 1. The second kappa shape index (κ2) is 6.40. The van der Waals surface area contributed by atoms with E-state index < -0.39 is 5.97 Å². The number of ether oxygens (including phenoxy) is 1. The van der Waals surface area contributed by atoms with Crippen molar-refractivity contribution in [2.75, 3.05) is 14.2 Å². The fraction of sp³-hybridized carbons (Fsp3) is 0.500. The molecule has 18 heavy (non-hydrogen) atoms. The van der Waals surface area contributed by atoms with Gasteiger partial charge in [0, 0.05) is 6.04 Å². The highest BCUT2D eigenvalue weighted by molar-refractivity contribution is 5.67. The lowest BCUT2D eigenvalue weighted by Gasteiger charge is -2.17. The van der Waals surface area contributed by atoms with Gasteiger partial charge in [-0.25, -0.2) is 0 Å². The van der Waals surface area contributed by atoms with Gasteiger partial charge in [-0.1, -0.05) is 6.07 Å². The van der Waals surface area contributed by atoms with E-state index in [0.29, 0.717) is 6.42 Å². The summed E-state index contributed by atoms with van der Waals surface area (Å²) in [6.07, 6.45) is 0.834. The molecule has 0 aliphatic heterocycles. The molecule has 100 valence electrons. The van der Waals surface area contributed by atoms with Crippen molar-refractivity contribution in [3.8, 4) is 5.75 Å². The molecule has 0 spiro atoms. The van der Waals surface area contributed by atoms with Crippen molar-refractivity contribution in [1.82, 2.24) is 5.32 Å². The average Bonchev–Trinajstić information content (AvgIpc) is 2.31. The zero-order valence-corrected chi connectivity index (χ0v) is 11.4. The van der Waals surface area contributed by atoms with Gasteiger partial charge in [-0.05, 0) is 50.1 Å². The minimum absolute atomic E-state index is 0.0472. The van der Waals surface area contributed by atoms with E-state index in [-0.39, 0.29) is 12.5 Å². The number of nitrogens with one attached hydrogen (secondary N) is 1. The zero-order valence-electron chi connectivity index (χ0n) is 11.4. The van der Waals surface area contributed by atoms with Crippen LogP contribution < -0.4 is 10.1 Å². The highest BCUT2D eigenvalue weighted by Crippen LogP contribution is 2.23. The molecule has 0 saturated heterocycles. The van der Waals surface area contributed by atoms with Gasteiger partial charge in [-0.3, -0.25) is 4.79 Å². The number of hydrogen-bond acceptors (Lipinski definition) is 3. The Hall–Kier alpha value is -1.55. The van der Waals surface area contributed by atoms with E-state index in [1.54, 1.807) is 14.2 Å². The van der Waals surface area contributed by atoms with Crippen LogP contribution >= 0.6 is 0 Å². The molecule has 1 rings (SSSR count). The molecule has 0 aliphatic carbocycles. The van der Waals surface area contributed by atoms with E-state index in [9.17, 15) is 4.79 Å². The van der Waals surface area contributed by atoms with Crippen LogP contribution in [0.5, 0.6) is 5.75 Å².